The van der Waals surface area contributed by atoms with Crippen molar-refractivity contribution in [1.29, 1.82) is 0 Å². The summed E-state index contributed by atoms with van der Waals surface area (Å²) < 4.78 is 11.4. The summed E-state index contributed by atoms with van der Waals surface area (Å²) in [7, 11) is 0. The fourth-order valence-electron chi connectivity index (χ4n) is 0. The third kappa shape index (κ3) is 4.41. The lowest BCUT2D eigenvalue weighted by Gasteiger charge is -1.84. The maximum atomic E-state index is 11.4. The molecule has 0 saturated carbocycles. The molecule has 0 amide bonds. The van der Waals surface area contributed by atoms with E-state index in [2.05, 4.69) is 15.9 Å². The van der Waals surface area contributed by atoms with Crippen LogP contribution in [-0.2, 0) is 0 Å². The molecule has 0 saturated heterocycles. The summed E-state index contributed by atoms with van der Waals surface area (Å²) >= 11 is 2.94. The largest absolute Gasteiger partial charge is 0.247 e. The molecule has 0 aromatic carbocycles. The van der Waals surface area contributed by atoms with Gasteiger partial charge in [-0.2, -0.15) is 0 Å². The van der Waals surface area contributed by atoms with Crippen molar-refractivity contribution in [2.75, 3.05) is 5.33 Å². The zero-order valence-corrected chi connectivity index (χ0v) is 4.63. The molecule has 1 unspecified atom stereocenters. The van der Waals surface area contributed by atoms with Gasteiger partial charge in [-0.25, -0.2) is 4.39 Å². The molecule has 1 atom stereocenters. The van der Waals surface area contributed by atoms with Crippen molar-refractivity contribution in [3.8, 4) is 0 Å². The molecule has 0 aromatic heterocycles. The molecule has 0 spiro atoms. The van der Waals surface area contributed by atoms with Gasteiger partial charge in [-0.05, 0) is 6.92 Å². The molecule has 0 aliphatic rings. The van der Waals surface area contributed by atoms with Crippen molar-refractivity contribution in [3.05, 3.63) is 0 Å². The number of halogens is 2. The lowest BCUT2D eigenvalue weighted by atomic mass is 10.5. The highest BCUT2D eigenvalue weighted by Gasteiger charge is 1.87. The molecule has 0 aromatic rings. The van der Waals surface area contributed by atoms with Gasteiger partial charge in [-0.15, -0.1) is 0 Å². The first kappa shape index (κ1) is 5.41. The Morgan fingerprint density at radius 1 is 2.00 bits per heavy atom. The topological polar surface area (TPSA) is 0 Å². The normalized spacial score (nSPS) is 15.0. The van der Waals surface area contributed by atoms with Crippen molar-refractivity contribution < 1.29 is 4.39 Å². The van der Waals surface area contributed by atoms with Gasteiger partial charge >= 0.3 is 0 Å². The summed E-state index contributed by atoms with van der Waals surface area (Å²) in [6.45, 7) is 1.51. The molecule has 0 rings (SSSR count). The molecule has 0 heterocycles. The fourth-order valence-corrected chi connectivity index (χ4v) is 0. The van der Waals surface area contributed by atoms with Gasteiger partial charge in [0.05, 0.1) is 0 Å². The lowest BCUT2D eigenvalue weighted by molar-refractivity contribution is 0.400. The number of hydrogen-bond donors (Lipinski definition) is 0. The first-order valence-corrected chi connectivity index (χ1v) is 2.59. The molecule has 0 nitrogen and oxygen atoms in total. The summed E-state index contributed by atoms with van der Waals surface area (Å²) in [5.74, 6) is 0. The second-order valence-electron chi connectivity index (χ2n) is 0.935. The van der Waals surface area contributed by atoms with Crippen molar-refractivity contribution >= 4 is 15.9 Å². The van der Waals surface area contributed by atoms with Crippen LogP contribution in [0.4, 0.5) is 4.39 Å². The van der Waals surface area contributed by atoms with E-state index in [1.807, 2.05) is 0 Å². The van der Waals surface area contributed by atoms with Gasteiger partial charge in [0.2, 0.25) is 0 Å². The van der Waals surface area contributed by atoms with Crippen LogP contribution in [0.25, 0.3) is 0 Å². The summed E-state index contributed by atoms with van der Waals surface area (Å²) in [6, 6.07) is 0. The van der Waals surface area contributed by atoms with Crippen LogP contribution in [0.2, 0.25) is 0 Å². The smallest absolute Gasteiger partial charge is 0.107 e. The first-order chi connectivity index (χ1) is 2.27. The van der Waals surface area contributed by atoms with Gasteiger partial charge in [-0.3, -0.25) is 0 Å². The quantitative estimate of drug-likeness (QED) is 0.488. The Labute approximate surface area is 39.5 Å². The van der Waals surface area contributed by atoms with Crippen LogP contribution in [0.1, 0.15) is 6.92 Å². The molecule has 0 aliphatic carbocycles. The van der Waals surface area contributed by atoms with Crippen molar-refractivity contribution in [2.45, 2.75) is 13.1 Å². The van der Waals surface area contributed by atoms with Crippen molar-refractivity contribution in [3.63, 3.8) is 0 Å². The van der Waals surface area contributed by atoms with Crippen LogP contribution >= 0.6 is 15.9 Å². The Balaban J connectivity index is 2.54. The summed E-state index contributed by atoms with van der Waals surface area (Å²) in [5, 5.41) is 0.451. The molecule has 0 N–H and O–H groups in total. The molecule has 2 heteroatoms. The minimum absolute atomic E-state index is 0.451. The van der Waals surface area contributed by atoms with Crippen LogP contribution in [0.3, 0.4) is 0 Å². The highest BCUT2D eigenvalue weighted by atomic mass is 79.9. The molecule has 0 aliphatic heterocycles. The lowest BCUT2D eigenvalue weighted by Crippen LogP contribution is -1.89. The van der Waals surface area contributed by atoms with Gasteiger partial charge in [0.25, 0.3) is 0 Å². The maximum absolute atomic E-state index is 11.4. The second-order valence-corrected chi connectivity index (χ2v) is 1.58. The Kier molecular flexibility index (Phi) is 2.85. The summed E-state index contributed by atoms with van der Waals surface area (Å²) in [4.78, 5) is 0. The van der Waals surface area contributed by atoms with E-state index < -0.39 is 6.17 Å². The van der Waals surface area contributed by atoms with Crippen molar-refractivity contribution in [1.82, 2.24) is 0 Å². The minimum Gasteiger partial charge on any atom is -0.247 e. The van der Waals surface area contributed by atoms with E-state index in [0.29, 0.717) is 5.33 Å². The van der Waals surface area contributed by atoms with Gasteiger partial charge in [-0.1, -0.05) is 15.9 Å². The number of rotatable bonds is 1. The average molecular weight is 141 g/mol. The van der Waals surface area contributed by atoms with Crippen LogP contribution < -0.4 is 0 Å². The van der Waals surface area contributed by atoms with E-state index in [-0.39, 0.29) is 0 Å². The van der Waals surface area contributed by atoms with Crippen LogP contribution in [0, 0.1) is 0 Å². The van der Waals surface area contributed by atoms with E-state index in [4.69, 9.17) is 0 Å². The van der Waals surface area contributed by atoms with Gasteiger partial charge in [0.1, 0.15) is 6.17 Å². The predicted octanol–water partition coefficient (Wildman–Crippen LogP) is 1.74. The molecular weight excluding hydrogens is 135 g/mol. The summed E-state index contributed by atoms with van der Waals surface area (Å²) in [6.07, 6.45) is -0.699. The minimum atomic E-state index is -0.699. The maximum Gasteiger partial charge on any atom is 0.107 e. The van der Waals surface area contributed by atoms with E-state index in [1.54, 1.807) is 0 Å². The average Bonchev–Trinajstić information content (AvgIpc) is 1.38. The summed E-state index contributed by atoms with van der Waals surface area (Å²) in [5.41, 5.74) is 0. The van der Waals surface area contributed by atoms with Gasteiger partial charge in [0, 0.05) is 5.33 Å². The Morgan fingerprint density at radius 2 is 2.20 bits per heavy atom. The first-order valence-electron chi connectivity index (χ1n) is 1.47. The van der Waals surface area contributed by atoms with Crippen LogP contribution in [0.5, 0.6) is 0 Å². The number of alkyl halides is 2. The molecule has 0 bridgehead atoms. The van der Waals surface area contributed by atoms with E-state index in [9.17, 15) is 4.39 Å². The van der Waals surface area contributed by atoms with Crippen LogP contribution in [0.15, 0.2) is 0 Å². The third-order valence-corrected chi connectivity index (χ3v) is 1.10. The SMILES string of the molecule is CC(F)CBr. The monoisotopic (exact) mass is 140 g/mol. The Bertz CT molecular complexity index is 20.9. The Hall–Kier alpha value is 0.410. The molecule has 0 fully saturated rings. The molecule has 32 valence electrons. The Morgan fingerprint density at radius 3 is 2.20 bits per heavy atom. The van der Waals surface area contributed by atoms with Crippen LogP contribution in [-0.4, -0.2) is 11.5 Å². The van der Waals surface area contributed by atoms with Gasteiger partial charge < -0.3 is 0 Å². The van der Waals surface area contributed by atoms with Crippen molar-refractivity contribution in [2.24, 2.45) is 0 Å². The number of hydrogen-bond acceptors (Lipinski definition) is 0. The molecular formula is C3H6BrF. The fraction of sp³-hybridized carbons (Fsp3) is 1.00. The predicted molar refractivity (Wildman–Crippen MR) is 24.4 cm³/mol. The molecule has 5 heavy (non-hydrogen) atoms. The standard InChI is InChI=1S/C3H6BrF/c1-3(5)2-4/h3H,2H2,1H3. The van der Waals surface area contributed by atoms with E-state index >= 15 is 0 Å². The second kappa shape index (κ2) is 2.64. The van der Waals surface area contributed by atoms with E-state index in [0.717, 1.165) is 0 Å². The third-order valence-electron chi connectivity index (χ3n) is 0.213. The highest BCUT2D eigenvalue weighted by molar-refractivity contribution is 9.09. The highest BCUT2D eigenvalue weighted by Crippen LogP contribution is 1.90. The zero-order chi connectivity index (χ0) is 4.28. The molecule has 0 radical (unpaired) electrons. The van der Waals surface area contributed by atoms with E-state index in [1.165, 1.54) is 6.92 Å². The van der Waals surface area contributed by atoms with Gasteiger partial charge in [0.15, 0.2) is 0 Å². The zero-order valence-electron chi connectivity index (χ0n) is 3.04.